The van der Waals surface area contributed by atoms with Gasteiger partial charge in [-0.15, -0.1) is 0 Å². The van der Waals surface area contributed by atoms with Gasteiger partial charge in [-0.25, -0.2) is 4.79 Å². The third-order valence-corrected chi connectivity index (χ3v) is 5.67. The second kappa shape index (κ2) is 8.67. The van der Waals surface area contributed by atoms with E-state index in [4.69, 9.17) is 17.0 Å². The van der Waals surface area contributed by atoms with Gasteiger partial charge in [0.15, 0.2) is 5.11 Å². The zero-order valence-corrected chi connectivity index (χ0v) is 17.8. The first-order chi connectivity index (χ1) is 14.7. The maximum Gasteiger partial charge on any atom is 0.339 e. The van der Waals surface area contributed by atoms with Crippen molar-refractivity contribution in [1.82, 2.24) is 19.8 Å². The van der Waals surface area contributed by atoms with Gasteiger partial charge in [0.05, 0.1) is 36.1 Å². The lowest BCUT2D eigenvalue weighted by Crippen LogP contribution is -2.31. The number of carbonyl (C=O) groups excluding carboxylic acids is 1. The number of thiocarbonyl (C=S) groups is 1. The van der Waals surface area contributed by atoms with Crippen LogP contribution in [0.25, 0.3) is 5.69 Å². The van der Waals surface area contributed by atoms with Gasteiger partial charge in [0, 0.05) is 24.6 Å². The van der Waals surface area contributed by atoms with Crippen molar-refractivity contribution in [3.8, 4) is 5.69 Å². The Morgan fingerprint density at radius 2 is 1.97 bits per heavy atom. The van der Waals surface area contributed by atoms with Crippen molar-refractivity contribution in [2.45, 2.75) is 25.4 Å². The minimum Gasteiger partial charge on any atom is -0.465 e. The first-order valence-corrected chi connectivity index (χ1v) is 10.4. The highest BCUT2D eigenvalue weighted by molar-refractivity contribution is 7.80. The Balaban J connectivity index is 1.84. The second-order valence-corrected chi connectivity index (χ2v) is 7.52. The van der Waals surface area contributed by atoms with Crippen LogP contribution in [0.1, 0.15) is 47.2 Å². The first-order valence-electron chi connectivity index (χ1n) is 9.98. The van der Waals surface area contributed by atoms with E-state index in [1.54, 1.807) is 12.3 Å². The van der Waals surface area contributed by atoms with E-state index >= 15 is 0 Å². The van der Waals surface area contributed by atoms with E-state index in [-0.39, 0.29) is 18.1 Å². The summed E-state index contributed by atoms with van der Waals surface area (Å²) in [5.74, 6) is -0.364. The SMILES string of the molecule is CCCN1C(=S)NC(c2ccccn2)C1c1cccn1-c1ccccc1C(=O)OC. The molecule has 0 saturated carbocycles. The number of carbonyl (C=O) groups is 1. The number of hydrogen-bond acceptors (Lipinski definition) is 4. The van der Waals surface area contributed by atoms with Crippen LogP contribution < -0.4 is 5.32 Å². The lowest BCUT2D eigenvalue weighted by molar-refractivity contribution is 0.0600. The molecule has 0 bridgehead atoms. The van der Waals surface area contributed by atoms with Gasteiger partial charge in [0.2, 0.25) is 0 Å². The largest absolute Gasteiger partial charge is 0.465 e. The maximum absolute atomic E-state index is 12.4. The van der Waals surface area contributed by atoms with Gasteiger partial charge in [-0.2, -0.15) is 0 Å². The van der Waals surface area contributed by atoms with Gasteiger partial charge >= 0.3 is 5.97 Å². The molecule has 2 unspecified atom stereocenters. The summed E-state index contributed by atoms with van der Waals surface area (Å²) in [5.41, 5.74) is 3.25. The van der Waals surface area contributed by atoms with E-state index in [2.05, 4.69) is 28.2 Å². The minimum atomic E-state index is -0.364. The molecule has 7 heteroatoms. The van der Waals surface area contributed by atoms with Crippen molar-refractivity contribution >= 4 is 23.3 Å². The number of pyridine rings is 1. The number of rotatable bonds is 6. The maximum atomic E-state index is 12.4. The van der Waals surface area contributed by atoms with E-state index in [0.29, 0.717) is 10.7 Å². The van der Waals surface area contributed by atoms with Crippen LogP contribution in [0.5, 0.6) is 0 Å². The van der Waals surface area contributed by atoms with Gasteiger partial charge in [-0.1, -0.05) is 25.1 Å². The van der Waals surface area contributed by atoms with Gasteiger partial charge < -0.3 is 19.5 Å². The lowest BCUT2D eigenvalue weighted by atomic mass is 10.0. The number of benzene rings is 1. The number of nitrogens with zero attached hydrogens (tertiary/aromatic N) is 3. The van der Waals surface area contributed by atoms with E-state index in [1.165, 1.54) is 7.11 Å². The first kappa shape index (κ1) is 20.1. The van der Waals surface area contributed by atoms with E-state index in [9.17, 15) is 4.79 Å². The zero-order chi connectivity index (χ0) is 21.1. The normalized spacial score (nSPS) is 18.3. The zero-order valence-electron chi connectivity index (χ0n) is 17.0. The molecule has 2 atom stereocenters. The third kappa shape index (κ3) is 3.57. The van der Waals surface area contributed by atoms with Crippen LogP contribution in [-0.2, 0) is 4.74 Å². The molecule has 30 heavy (non-hydrogen) atoms. The van der Waals surface area contributed by atoms with Crippen LogP contribution in [-0.4, -0.2) is 39.2 Å². The van der Waals surface area contributed by atoms with Crippen molar-refractivity contribution in [2.75, 3.05) is 13.7 Å². The van der Waals surface area contributed by atoms with Crippen molar-refractivity contribution in [2.24, 2.45) is 0 Å². The minimum absolute atomic E-state index is 0.0620. The summed E-state index contributed by atoms with van der Waals surface area (Å²) in [4.78, 5) is 19.2. The van der Waals surface area contributed by atoms with Crippen molar-refractivity contribution < 1.29 is 9.53 Å². The molecule has 3 aromatic rings. The van der Waals surface area contributed by atoms with Crippen LogP contribution in [0.3, 0.4) is 0 Å². The average Bonchev–Trinajstić information content (AvgIpc) is 3.38. The van der Waals surface area contributed by atoms with E-state index < -0.39 is 0 Å². The molecule has 0 amide bonds. The quantitative estimate of drug-likeness (QED) is 0.480. The number of para-hydroxylation sites is 1. The molecule has 1 fully saturated rings. The molecule has 0 aliphatic carbocycles. The summed E-state index contributed by atoms with van der Waals surface area (Å²) in [7, 11) is 1.40. The Morgan fingerprint density at radius 1 is 1.17 bits per heavy atom. The number of nitrogens with one attached hydrogen (secondary N) is 1. The van der Waals surface area contributed by atoms with Gasteiger partial charge in [-0.3, -0.25) is 4.98 Å². The highest BCUT2D eigenvalue weighted by Crippen LogP contribution is 2.39. The third-order valence-electron chi connectivity index (χ3n) is 5.31. The van der Waals surface area contributed by atoms with Crippen molar-refractivity contribution in [1.29, 1.82) is 0 Å². The summed E-state index contributed by atoms with van der Waals surface area (Å²) in [6.45, 7) is 2.96. The molecule has 154 valence electrons. The number of esters is 1. The predicted molar refractivity (Wildman–Crippen MR) is 120 cm³/mol. The molecule has 1 saturated heterocycles. The van der Waals surface area contributed by atoms with Gasteiger partial charge in [0.1, 0.15) is 0 Å². The predicted octanol–water partition coefficient (Wildman–Crippen LogP) is 4.04. The smallest absolute Gasteiger partial charge is 0.339 e. The summed E-state index contributed by atoms with van der Waals surface area (Å²) in [6.07, 6.45) is 4.73. The number of hydrogen-bond donors (Lipinski definition) is 1. The molecule has 6 nitrogen and oxygen atoms in total. The van der Waals surface area contributed by atoms with Crippen LogP contribution in [0, 0.1) is 0 Å². The molecular weight excluding hydrogens is 396 g/mol. The molecule has 1 aromatic carbocycles. The van der Waals surface area contributed by atoms with Crippen LogP contribution in [0.2, 0.25) is 0 Å². The van der Waals surface area contributed by atoms with Crippen LogP contribution in [0.15, 0.2) is 67.0 Å². The topological polar surface area (TPSA) is 59.4 Å². The summed E-state index contributed by atoms with van der Waals surface area (Å²) < 4.78 is 7.05. The molecule has 0 radical (unpaired) electrons. The molecule has 3 heterocycles. The molecule has 0 spiro atoms. The fraction of sp³-hybridized carbons (Fsp3) is 0.261. The number of methoxy groups -OCH3 is 1. The van der Waals surface area contributed by atoms with Crippen molar-refractivity contribution in [3.63, 3.8) is 0 Å². The highest BCUT2D eigenvalue weighted by Gasteiger charge is 2.41. The van der Waals surface area contributed by atoms with E-state index in [1.807, 2.05) is 53.2 Å². The highest BCUT2D eigenvalue weighted by atomic mass is 32.1. The fourth-order valence-corrected chi connectivity index (χ4v) is 4.36. The summed E-state index contributed by atoms with van der Waals surface area (Å²) in [5, 5.41) is 4.17. The summed E-state index contributed by atoms with van der Waals surface area (Å²) in [6, 6.07) is 17.3. The molecule has 1 aliphatic heterocycles. The molecular formula is C23H24N4O2S. The molecule has 4 rings (SSSR count). The lowest BCUT2D eigenvalue weighted by Gasteiger charge is -2.29. The Hall–Kier alpha value is -3.19. The van der Waals surface area contributed by atoms with Gasteiger partial charge in [-0.05, 0) is 55.0 Å². The number of ether oxygens (including phenoxy) is 1. The Morgan fingerprint density at radius 3 is 2.70 bits per heavy atom. The molecule has 2 aromatic heterocycles. The second-order valence-electron chi connectivity index (χ2n) is 7.13. The van der Waals surface area contributed by atoms with Crippen molar-refractivity contribution in [3.05, 3.63) is 83.9 Å². The average molecular weight is 421 g/mol. The fourth-order valence-electron chi connectivity index (χ4n) is 4.03. The molecule has 1 N–H and O–H groups in total. The monoisotopic (exact) mass is 420 g/mol. The van der Waals surface area contributed by atoms with Crippen LogP contribution >= 0.6 is 12.2 Å². The van der Waals surface area contributed by atoms with Crippen LogP contribution in [0.4, 0.5) is 0 Å². The Bertz CT molecular complexity index is 1050. The standard InChI is InChI=1S/C23H24N4O2S/c1-3-14-27-21(20(25-23(27)30)17-10-6-7-13-24-17)19-12-8-15-26(19)18-11-5-4-9-16(18)22(28)29-2/h4-13,15,20-21H,3,14H2,1-2H3,(H,25,30). The summed E-state index contributed by atoms with van der Waals surface area (Å²) >= 11 is 5.68. The van der Waals surface area contributed by atoms with E-state index in [0.717, 1.165) is 30.0 Å². The number of aromatic nitrogens is 2. The Labute approximate surface area is 181 Å². The van der Waals surface area contributed by atoms with Gasteiger partial charge in [0.25, 0.3) is 0 Å². The molecule has 1 aliphatic rings. The Kier molecular flexibility index (Phi) is 5.81.